The normalized spacial score (nSPS) is 9.68. The van der Waals surface area contributed by atoms with Gasteiger partial charge in [0.25, 0.3) is 0 Å². The number of aryl methyl sites for hydroxylation is 2. The summed E-state index contributed by atoms with van der Waals surface area (Å²) in [5.41, 5.74) is 4.16. The third kappa shape index (κ3) is 4.77. The molecule has 2 N–H and O–H groups in total. The van der Waals surface area contributed by atoms with E-state index in [1.807, 2.05) is 31.2 Å². The molecule has 0 spiro atoms. The van der Waals surface area contributed by atoms with E-state index in [0.717, 1.165) is 31.3 Å². The molecule has 0 aliphatic rings. The third-order valence-corrected chi connectivity index (χ3v) is 2.63. The average Bonchev–Trinajstić information content (AvgIpc) is 2.47. The first kappa shape index (κ1) is 15.3. The lowest BCUT2D eigenvalue weighted by Gasteiger charge is -2.04. The minimum atomic E-state index is 0.223. The quantitative estimate of drug-likeness (QED) is 0.882. The fourth-order valence-corrected chi connectivity index (χ4v) is 1.73. The van der Waals surface area contributed by atoms with Gasteiger partial charge in [0, 0.05) is 26.1 Å². The highest BCUT2D eigenvalue weighted by molar-refractivity contribution is 5.55. The number of hydrogen-bond donors (Lipinski definition) is 2. The van der Waals surface area contributed by atoms with E-state index in [0.29, 0.717) is 0 Å². The molecule has 0 saturated carbocycles. The van der Waals surface area contributed by atoms with Crippen LogP contribution in [0.4, 0.5) is 0 Å². The molecule has 2 aromatic rings. The highest BCUT2D eigenvalue weighted by Crippen LogP contribution is 2.16. The summed E-state index contributed by atoms with van der Waals surface area (Å²) < 4.78 is 0. The molecule has 4 heteroatoms. The summed E-state index contributed by atoms with van der Waals surface area (Å²) in [6.07, 6.45) is 5.25. The molecule has 0 atom stereocenters. The van der Waals surface area contributed by atoms with Crippen LogP contribution in [0.25, 0.3) is 11.4 Å². The topological polar surface area (TPSA) is 66.2 Å². The number of aliphatic hydroxyl groups is 2. The van der Waals surface area contributed by atoms with Crippen molar-refractivity contribution in [2.24, 2.45) is 0 Å². The Kier molecular flexibility index (Phi) is 6.71. The highest BCUT2D eigenvalue weighted by Gasteiger charge is 2.02. The Morgan fingerprint density at radius 3 is 2.26 bits per heavy atom. The summed E-state index contributed by atoms with van der Waals surface area (Å²) >= 11 is 0. The van der Waals surface area contributed by atoms with E-state index in [1.54, 1.807) is 12.4 Å². The Morgan fingerprint density at radius 2 is 1.63 bits per heavy atom. The van der Waals surface area contributed by atoms with Gasteiger partial charge in [-0.1, -0.05) is 0 Å². The fraction of sp³-hybridized carbons (Fsp3) is 0.333. The van der Waals surface area contributed by atoms with E-state index < -0.39 is 0 Å². The van der Waals surface area contributed by atoms with Gasteiger partial charge in [0.05, 0.1) is 11.4 Å². The van der Waals surface area contributed by atoms with Gasteiger partial charge in [0.15, 0.2) is 0 Å². The van der Waals surface area contributed by atoms with Gasteiger partial charge >= 0.3 is 0 Å². The predicted octanol–water partition coefficient (Wildman–Crippen LogP) is 1.99. The van der Waals surface area contributed by atoms with Gasteiger partial charge in [-0.05, 0) is 55.2 Å². The molecule has 0 aromatic carbocycles. The Balaban J connectivity index is 0.000000861. The van der Waals surface area contributed by atoms with Crippen LogP contribution in [-0.4, -0.2) is 33.9 Å². The largest absolute Gasteiger partial charge is 0.400 e. The van der Waals surface area contributed by atoms with Crippen LogP contribution in [0.15, 0.2) is 36.7 Å². The van der Waals surface area contributed by atoms with Crippen LogP contribution in [0.5, 0.6) is 0 Å². The van der Waals surface area contributed by atoms with Crippen molar-refractivity contribution in [1.82, 2.24) is 9.97 Å². The molecule has 0 bridgehead atoms. The highest BCUT2D eigenvalue weighted by atomic mass is 16.3. The maximum Gasteiger partial charge on any atom is 0.0888 e. The Morgan fingerprint density at radius 1 is 1.00 bits per heavy atom. The Hall–Kier alpha value is -1.78. The van der Waals surface area contributed by atoms with Crippen LogP contribution in [0.3, 0.4) is 0 Å². The van der Waals surface area contributed by atoms with Gasteiger partial charge in [-0.2, -0.15) is 0 Å². The molecule has 2 heterocycles. The molecule has 0 fully saturated rings. The number of aromatic nitrogens is 2. The SMILES string of the molecule is CO.Cc1ccnc(-c2cc(CCCO)ccn2)c1. The summed E-state index contributed by atoms with van der Waals surface area (Å²) in [7, 11) is 1.00. The Labute approximate surface area is 113 Å². The lowest BCUT2D eigenvalue weighted by Crippen LogP contribution is -1.93. The van der Waals surface area contributed by atoms with Crippen molar-refractivity contribution in [3.8, 4) is 11.4 Å². The molecule has 19 heavy (non-hydrogen) atoms. The van der Waals surface area contributed by atoms with Crippen molar-refractivity contribution >= 4 is 0 Å². The van der Waals surface area contributed by atoms with Crippen molar-refractivity contribution in [3.05, 3.63) is 47.8 Å². The van der Waals surface area contributed by atoms with E-state index in [1.165, 1.54) is 11.1 Å². The standard InChI is InChI=1S/C14H16N2O.CH4O/c1-11-4-6-15-13(9-11)14-10-12(3-2-8-17)5-7-16-14;1-2/h4-7,9-10,17H,2-3,8H2,1H3;2H,1H3. The fourth-order valence-electron chi connectivity index (χ4n) is 1.73. The molecule has 0 saturated heterocycles. The van der Waals surface area contributed by atoms with Gasteiger partial charge < -0.3 is 10.2 Å². The number of pyridine rings is 2. The molecule has 0 unspecified atom stereocenters. The first-order chi connectivity index (χ1) is 9.29. The molecular formula is C15H20N2O2. The van der Waals surface area contributed by atoms with Crippen LogP contribution >= 0.6 is 0 Å². The van der Waals surface area contributed by atoms with Gasteiger partial charge in [0.2, 0.25) is 0 Å². The number of rotatable bonds is 4. The summed E-state index contributed by atoms with van der Waals surface area (Å²) in [5, 5.41) is 15.8. The van der Waals surface area contributed by atoms with Crippen molar-refractivity contribution in [1.29, 1.82) is 0 Å². The molecule has 2 rings (SSSR count). The van der Waals surface area contributed by atoms with E-state index in [-0.39, 0.29) is 6.61 Å². The molecule has 4 nitrogen and oxygen atoms in total. The van der Waals surface area contributed by atoms with E-state index in [9.17, 15) is 0 Å². The van der Waals surface area contributed by atoms with Gasteiger partial charge in [-0.15, -0.1) is 0 Å². The summed E-state index contributed by atoms with van der Waals surface area (Å²) in [6.45, 7) is 2.27. The van der Waals surface area contributed by atoms with E-state index >= 15 is 0 Å². The monoisotopic (exact) mass is 260 g/mol. The minimum Gasteiger partial charge on any atom is -0.400 e. The zero-order chi connectivity index (χ0) is 14.1. The van der Waals surface area contributed by atoms with Crippen molar-refractivity contribution in [3.63, 3.8) is 0 Å². The first-order valence-corrected chi connectivity index (χ1v) is 6.23. The van der Waals surface area contributed by atoms with E-state index in [2.05, 4.69) is 9.97 Å². The molecule has 2 aromatic heterocycles. The number of hydrogen-bond acceptors (Lipinski definition) is 4. The average molecular weight is 260 g/mol. The van der Waals surface area contributed by atoms with Crippen LogP contribution in [0.1, 0.15) is 17.5 Å². The zero-order valence-corrected chi connectivity index (χ0v) is 11.4. The maximum absolute atomic E-state index is 8.82. The predicted molar refractivity (Wildman–Crippen MR) is 75.8 cm³/mol. The van der Waals surface area contributed by atoms with Gasteiger partial charge in [-0.25, -0.2) is 0 Å². The second-order valence-electron chi connectivity index (χ2n) is 4.09. The second-order valence-corrected chi connectivity index (χ2v) is 4.09. The lowest BCUT2D eigenvalue weighted by atomic mass is 10.1. The molecule has 0 aliphatic carbocycles. The van der Waals surface area contributed by atoms with Crippen molar-refractivity contribution in [2.75, 3.05) is 13.7 Å². The molecule has 0 aliphatic heterocycles. The summed E-state index contributed by atoms with van der Waals surface area (Å²) in [5.74, 6) is 0. The van der Waals surface area contributed by atoms with E-state index in [4.69, 9.17) is 10.2 Å². The van der Waals surface area contributed by atoms with Crippen molar-refractivity contribution in [2.45, 2.75) is 19.8 Å². The van der Waals surface area contributed by atoms with Gasteiger partial charge in [-0.3, -0.25) is 9.97 Å². The number of aliphatic hydroxyl groups excluding tert-OH is 2. The molecule has 0 radical (unpaired) electrons. The third-order valence-electron chi connectivity index (χ3n) is 2.63. The summed E-state index contributed by atoms with van der Waals surface area (Å²) in [4.78, 5) is 8.65. The lowest BCUT2D eigenvalue weighted by molar-refractivity contribution is 0.288. The second kappa shape index (κ2) is 8.34. The van der Waals surface area contributed by atoms with Gasteiger partial charge in [0.1, 0.15) is 0 Å². The van der Waals surface area contributed by atoms with Crippen LogP contribution in [0.2, 0.25) is 0 Å². The molecule has 102 valence electrons. The molecule has 0 amide bonds. The van der Waals surface area contributed by atoms with Crippen LogP contribution in [0, 0.1) is 6.92 Å². The zero-order valence-electron chi connectivity index (χ0n) is 11.4. The maximum atomic E-state index is 8.82. The smallest absolute Gasteiger partial charge is 0.0888 e. The molecular weight excluding hydrogens is 240 g/mol. The van der Waals surface area contributed by atoms with Crippen LogP contribution in [-0.2, 0) is 6.42 Å². The summed E-state index contributed by atoms with van der Waals surface area (Å²) in [6, 6.07) is 8.02. The van der Waals surface area contributed by atoms with Crippen molar-refractivity contribution < 1.29 is 10.2 Å². The Bertz CT molecular complexity index is 501. The number of nitrogens with zero attached hydrogens (tertiary/aromatic N) is 2. The minimum absolute atomic E-state index is 0.223. The van der Waals surface area contributed by atoms with Crippen LogP contribution < -0.4 is 0 Å². The first-order valence-electron chi connectivity index (χ1n) is 6.23.